The van der Waals surface area contributed by atoms with E-state index in [-0.39, 0.29) is 0 Å². The van der Waals surface area contributed by atoms with Gasteiger partial charge in [0.05, 0.1) is 11.2 Å². The highest BCUT2D eigenvalue weighted by atomic mass is 32.1. The van der Waals surface area contributed by atoms with Gasteiger partial charge in [0.25, 0.3) is 0 Å². The Hall–Kier alpha value is -5.90. The Kier molecular flexibility index (Phi) is 5.78. The van der Waals surface area contributed by atoms with Crippen molar-refractivity contribution in [1.29, 1.82) is 0 Å². The van der Waals surface area contributed by atoms with Crippen molar-refractivity contribution in [3.05, 3.63) is 158 Å². The predicted molar refractivity (Wildman–Crippen MR) is 201 cm³/mol. The second kappa shape index (κ2) is 10.3. The summed E-state index contributed by atoms with van der Waals surface area (Å²) in [7, 11) is 0. The molecule has 10 rings (SSSR count). The third-order valence-corrected chi connectivity index (χ3v) is 10.6. The van der Waals surface area contributed by atoms with Gasteiger partial charge in [0, 0.05) is 36.7 Å². The molecule has 0 aliphatic rings. The van der Waals surface area contributed by atoms with Crippen LogP contribution in [-0.4, -0.2) is 9.97 Å². The van der Waals surface area contributed by atoms with Crippen LogP contribution in [0.4, 0.5) is 0 Å². The number of fused-ring (bicyclic) bond motifs is 10. The molecule has 2 nitrogen and oxygen atoms in total. The molecule has 3 heteroatoms. The minimum Gasteiger partial charge on any atom is -0.228 e. The molecule has 0 atom stereocenters. The average molecular weight is 615 g/mol. The Morgan fingerprint density at radius 3 is 1.66 bits per heavy atom. The highest BCUT2D eigenvalue weighted by Crippen LogP contribution is 2.41. The number of para-hydroxylation sites is 1. The van der Waals surface area contributed by atoms with Crippen LogP contribution >= 0.6 is 11.3 Å². The summed E-state index contributed by atoms with van der Waals surface area (Å²) in [6.07, 6.45) is 0. The van der Waals surface area contributed by atoms with E-state index in [0.717, 1.165) is 33.5 Å². The van der Waals surface area contributed by atoms with Crippen LogP contribution in [-0.2, 0) is 0 Å². The van der Waals surface area contributed by atoms with E-state index in [9.17, 15) is 0 Å². The van der Waals surface area contributed by atoms with E-state index in [0.29, 0.717) is 0 Å². The fourth-order valence-corrected chi connectivity index (χ4v) is 8.29. The van der Waals surface area contributed by atoms with Crippen molar-refractivity contribution in [2.45, 2.75) is 0 Å². The molecule has 0 unspecified atom stereocenters. The third-order valence-electron chi connectivity index (χ3n) is 9.46. The van der Waals surface area contributed by atoms with Crippen molar-refractivity contribution in [2.24, 2.45) is 0 Å². The number of hydrogen-bond acceptors (Lipinski definition) is 3. The van der Waals surface area contributed by atoms with Crippen LogP contribution in [0.15, 0.2) is 158 Å². The zero-order chi connectivity index (χ0) is 30.9. The Morgan fingerprint density at radius 1 is 0.319 bits per heavy atom. The van der Waals surface area contributed by atoms with Crippen molar-refractivity contribution in [1.82, 2.24) is 9.97 Å². The number of nitrogens with zero attached hydrogens (tertiary/aromatic N) is 2. The lowest BCUT2D eigenvalue weighted by atomic mass is 9.91. The Labute approximate surface area is 275 Å². The maximum atomic E-state index is 5.18. The summed E-state index contributed by atoms with van der Waals surface area (Å²) in [6, 6.07) is 56.7. The summed E-state index contributed by atoms with van der Waals surface area (Å²) in [5, 5.41) is 11.1. The molecule has 0 saturated carbocycles. The van der Waals surface area contributed by atoms with Crippen molar-refractivity contribution in [2.75, 3.05) is 0 Å². The number of rotatable bonds is 3. The molecule has 8 aromatic carbocycles. The minimum atomic E-state index is 0.735. The smallest absolute Gasteiger partial charge is 0.160 e. The molecule has 0 aliphatic heterocycles. The minimum absolute atomic E-state index is 0.735. The van der Waals surface area contributed by atoms with Gasteiger partial charge in [0.1, 0.15) is 0 Å². The number of benzene rings is 8. The lowest BCUT2D eigenvalue weighted by Crippen LogP contribution is -1.95. The molecule has 0 N–H and O–H groups in total. The van der Waals surface area contributed by atoms with E-state index in [1.807, 2.05) is 23.5 Å². The molecule has 0 bridgehead atoms. The monoisotopic (exact) mass is 614 g/mol. The van der Waals surface area contributed by atoms with Gasteiger partial charge >= 0.3 is 0 Å². The fourth-order valence-electron chi connectivity index (χ4n) is 7.20. The number of hydrogen-bond donors (Lipinski definition) is 0. The summed E-state index contributed by atoms with van der Waals surface area (Å²) in [5.41, 5.74) is 6.45. The van der Waals surface area contributed by atoms with Gasteiger partial charge in [-0.15, -0.1) is 11.3 Å². The molecular formula is C44H26N2S. The van der Waals surface area contributed by atoms with E-state index >= 15 is 0 Å². The van der Waals surface area contributed by atoms with Crippen LogP contribution in [0.1, 0.15) is 0 Å². The van der Waals surface area contributed by atoms with E-state index in [1.165, 1.54) is 63.6 Å². The predicted octanol–water partition coefficient (Wildman–Crippen LogP) is 12.5. The van der Waals surface area contributed by atoms with Gasteiger partial charge in [-0.1, -0.05) is 121 Å². The number of aromatic nitrogens is 2. The molecule has 10 aromatic rings. The normalized spacial score (nSPS) is 11.8. The van der Waals surface area contributed by atoms with Crippen molar-refractivity contribution < 1.29 is 0 Å². The molecule has 47 heavy (non-hydrogen) atoms. The van der Waals surface area contributed by atoms with Crippen LogP contribution in [0.5, 0.6) is 0 Å². The standard InChI is InChI=1S/C44H26N2S/c1-2-10-27(11-3-1)43-36-15-6-8-16-40(36)45-44(46-43)30-19-22-33-31-12-4-5-13-32(31)37-24-28(18-21-34(37)38(33)26-30)29-20-23-42-39(25-29)35-14-7-9-17-41(35)47-42/h1-26H. The lowest BCUT2D eigenvalue weighted by Gasteiger charge is -2.14. The van der Waals surface area contributed by atoms with Crippen LogP contribution in [0, 0.1) is 0 Å². The van der Waals surface area contributed by atoms with Crippen molar-refractivity contribution in [3.8, 4) is 33.8 Å². The van der Waals surface area contributed by atoms with Crippen LogP contribution in [0.25, 0.3) is 97.2 Å². The zero-order valence-corrected chi connectivity index (χ0v) is 26.1. The van der Waals surface area contributed by atoms with Crippen LogP contribution in [0.2, 0.25) is 0 Å². The fraction of sp³-hybridized carbons (Fsp3) is 0. The first-order chi connectivity index (χ1) is 23.3. The number of thiophene rings is 1. The van der Waals surface area contributed by atoms with Gasteiger partial charge in [-0.05, 0) is 79.8 Å². The first-order valence-electron chi connectivity index (χ1n) is 15.9. The lowest BCUT2D eigenvalue weighted by molar-refractivity contribution is 1.23. The molecule has 2 heterocycles. The van der Waals surface area contributed by atoms with Crippen LogP contribution in [0.3, 0.4) is 0 Å². The summed E-state index contributed by atoms with van der Waals surface area (Å²) in [5.74, 6) is 0.735. The highest BCUT2D eigenvalue weighted by Gasteiger charge is 2.15. The van der Waals surface area contributed by atoms with E-state index < -0.39 is 0 Å². The second-order valence-corrected chi connectivity index (χ2v) is 13.2. The topological polar surface area (TPSA) is 25.8 Å². The van der Waals surface area contributed by atoms with Crippen LogP contribution < -0.4 is 0 Å². The summed E-state index contributed by atoms with van der Waals surface area (Å²) in [6.45, 7) is 0. The van der Waals surface area contributed by atoms with Gasteiger partial charge in [-0.2, -0.15) is 0 Å². The van der Waals surface area contributed by atoms with Gasteiger partial charge in [0.2, 0.25) is 0 Å². The average Bonchev–Trinajstić information content (AvgIpc) is 3.52. The van der Waals surface area contributed by atoms with E-state index in [4.69, 9.17) is 9.97 Å². The highest BCUT2D eigenvalue weighted by molar-refractivity contribution is 7.25. The quantitative estimate of drug-likeness (QED) is 0.185. The van der Waals surface area contributed by atoms with Crippen molar-refractivity contribution in [3.63, 3.8) is 0 Å². The SMILES string of the molecule is c1ccc(-c2nc(-c3ccc4c5ccccc5c5cc(-c6ccc7sc8ccccc8c7c6)ccc5c4c3)nc3ccccc23)cc1. The van der Waals surface area contributed by atoms with E-state index in [1.54, 1.807) is 0 Å². The Bertz CT molecular complexity index is 2850. The molecule has 0 radical (unpaired) electrons. The Morgan fingerprint density at radius 2 is 0.851 bits per heavy atom. The zero-order valence-electron chi connectivity index (χ0n) is 25.3. The second-order valence-electron chi connectivity index (χ2n) is 12.2. The maximum Gasteiger partial charge on any atom is 0.160 e. The molecule has 0 saturated heterocycles. The molecule has 2 aromatic heterocycles. The summed E-state index contributed by atoms with van der Waals surface area (Å²) in [4.78, 5) is 10.2. The largest absolute Gasteiger partial charge is 0.228 e. The third kappa shape index (κ3) is 4.17. The first-order valence-corrected chi connectivity index (χ1v) is 16.7. The molecule has 0 aliphatic carbocycles. The molecule has 0 amide bonds. The van der Waals surface area contributed by atoms with Crippen molar-refractivity contribution >= 4 is 74.7 Å². The molecular weight excluding hydrogens is 589 g/mol. The van der Waals surface area contributed by atoms with Gasteiger partial charge < -0.3 is 0 Å². The Balaban J connectivity index is 1.19. The van der Waals surface area contributed by atoms with Gasteiger partial charge in [-0.3, -0.25) is 0 Å². The summed E-state index contributed by atoms with van der Waals surface area (Å²) >= 11 is 1.86. The maximum absolute atomic E-state index is 5.18. The molecule has 0 fully saturated rings. The summed E-state index contributed by atoms with van der Waals surface area (Å²) < 4.78 is 2.66. The van der Waals surface area contributed by atoms with Gasteiger partial charge in [0.15, 0.2) is 5.82 Å². The molecule has 218 valence electrons. The van der Waals surface area contributed by atoms with Gasteiger partial charge in [-0.25, -0.2) is 9.97 Å². The molecule has 0 spiro atoms. The van der Waals surface area contributed by atoms with E-state index in [2.05, 4.69) is 146 Å². The first kappa shape index (κ1) is 26.3.